The fraction of sp³-hybridized carbons (Fsp3) is 0.273. The number of hydrogen-bond donors (Lipinski definition) is 2. The fourth-order valence-electron chi connectivity index (χ4n) is 3.28. The number of methoxy groups -OCH3 is 1. The third kappa shape index (κ3) is 5.25. The van der Waals surface area contributed by atoms with Gasteiger partial charge in [0.1, 0.15) is 17.8 Å². The fourth-order valence-corrected chi connectivity index (χ4v) is 3.28. The van der Waals surface area contributed by atoms with Gasteiger partial charge in [0.05, 0.1) is 12.7 Å². The van der Waals surface area contributed by atoms with Crippen LogP contribution in [0.4, 0.5) is 13.6 Å². The highest BCUT2D eigenvalue weighted by atomic mass is 19.3. The summed E-state index contributed by atoms with van der Waals surface area (Å²) in [5.74, 6) is -1.80. The highest BCUT2D eigenvalue weighted by molar-refractivity contribution is 6.09. The van der Waals surface area contributed by atoms with Crippen molar-refractivity contribution in [3.8, 4) is 5.75 Å². The molecule has 0 radical (unpaired) electrons. The van der Waals surface area contributed by atoms with Gasteiger partial charge in [-0.15, -0.1) is 0 Å². The average Bonchev–Trinajstić information content (AvgIpc) is 3.01. The van der Waals surface area contributed by atoms with Gasteiger partial charge in [-0.25, -0.2) is 9.59 Å². The first kappa shape index (κ1) is 23.6. The predicted molar refractivity (Wildman–Crippen MR) is 110 cm³/mol. The molecule has 0 spiro atoms. The van der Waals surface area contributed by atoms with Crippen molar-refractivity contribution >= 4 is 23.8 Å². The van der Waals surface area contributed by atoms with Crippen molar-refractivity contribution in [1.29, 1.82) is 0 Å². The molecule has 4 amide bonds. The molecule has 0 unspecified atom stereocenters. The zero-order chi connectivity index (χ0) is 24.2. The van der Waals surface area contributed by atoms with Crippen LogP contribution < -0.4 is 15.4 Å². The Labute approximate surface area is 187 Å². The summed E-state index contributed by atoms with van der Waals surface area (Å²) >= 11 is 0. The maximum Gasteiger partial charge on any atom is 0.387 e. The molecule has 0 bridgehead atoms. The highest BCUT2D eigenvalue weighted by Crippen LogP contribution is 2.30. The SMILES string of the molecule is COC(=O)c1ccc(CNC(=O)CN2C(=O)N[C@](C)(c3ccc(OC(F)F)cc3)C2=O)cc1. The standard InChI is InChI=1S/C22H21F2N3O6/c1-22(15-7-9-16(10-8-15)33-20(23)24)19(30)27(21(31)26-22)12-17(28)25-11-13-3-5-14(6-4-13)18(29)32-2/h3-10,20H,11-12H2,1-2H3,(H,25,28)(H,26,31)/t22-/m1/s1. The molecule has 3 rings (SSSR count). The van der Waals surface area contributed by atoms with Gasteiger partial charge in [-0.1, -0.05) is 24.3 Å². The van der Waals surface area contributed by atoms with Gasteiger partial charge >= 0.3 is 18.6 Å². The Hall–Kier alpha value is -4.02. The summed E-state index contributed by atoms with van der Waals surface area (Å²) in [6.45, 7) is -1.92. The Balaban J connectivity index is 1.61. The zero-order valence-corrected chi connectivity index (χ0v) is 17.8. The van der Waals surface area contributed by atoms with Crippen LogP contribution in [0.15, 0.2) is 48.5 Å². The second-order valence-corrected chi connectivity index (χ2v) is 7.31. The first-order valence-corrected chi connectivity index (χ1v) is 9.77. The summed E-state index contributed by atoms with van der Waals surface area (Å²) in [6, 6.07) is 10.9. The van der Waals surface area contributed by atoms with Crippen molar-refractivity contribution in [3.63, 3.8) is 0 Å². The number of amides is 4. The van der Waals surface area contributed by atoms with Crippen LogP contribution in [-0.4, -0.2) is 49.0 Å². The molecule has 33 heavy (non-hydrogen) atoms. The van der Waals surface area contributed by atoms with Gasteiger partial charge in [-0.05, 0) is 42.3 Å². The van der Waals surface area contributed by atoms with E-state index in [1.807, 2.05) is 0 Å². The highest BCUT2D eigenvalue weighted by Gasteiger charge is 2.49. The van der Waals surface area contributed by atoms with E-state index in [9.17, 15) is 28.0 Å². The van der Waals surface area contributed by atoms with Crippen LogP contribution in [0.5, 0.6) is 5.75 Å². The molecule has 1 aliphatic heterocycles. The summed E-state index contributed by atoms with van der Waals surface area (Å²) < 4.78 is 33.5. The van der Waals surface area contributed by atoms with Crippen LogP contribution >= 0.6 is 0 Å². The zero-order valence-electron chi connectivity index (χ0n) is 17.8. The number of carbonyl (C=O) groups is 4. The summed E-state index contributed by atoms with van der Waals surface area (Å²) in [4.78, 5) is 49.8. The van der Waals surface area contributed by atoms with E-state index in [4.69, 9.17) is 0 Å². The van der Waals surface area contributed by atoms with E-state index in [-0.39, 0.29) is 12.3 Å². The van der Waals surface area contributed by atoms with Gasteiger partial charge in [-0.3, -0.25) is 14.5 Å². The maximum atomic E-state index is 12.9. The number of nitrogens with one attached hydrogen (secondary N) is 2. The molecule has 1 saturated heterocycles. The summed E-state index contributed by atoms with van der Waals surface area (Å²) in [7, 11) is 1.27. The molecule has 0 aromatic heterocycles. The van der Waals surface area contributed by atoms with Crippen molar-refractivity contribution in [2.75, 3.05) is 13.7 Å². The molecule has 1 atom stereocenters. The topological polar surface area (TPSA) is 114 Å². The Kier molecular flexibility index (Phi) is 6.90. The number of esters is 1. The normalized spacial score (nSPS) is 17.7. The Morgan fingerprint density at radius 2 is 1.73 bits per heavy atom. The second-order valence-electron chi connectivity index (χ2n) is 7.31. The molecule has 2 N–H and O–H groups in total. The molecule has 174 valence electrons. The van der Waals surface area contributed by atoms with Crippen molar-refractivity contribution in [1.82, 2.24) is 15.5 Å². The van der Waals surface area contributed by atoms with Crippen LogP contribution in [0, 0.1) is 0 Å². The molecule has 0 saturated carbocycles. The number of imide groups is 1. The Morgan fingerprint density at radius 3 is 2.30 bits per heavy atom. The molecule has 0 aliphatic carbocycles. The molecular weight excluding hydrogens is 440 g/mol. The van der Waals surface area contributed by atoms with Crippen LogP contribution in [0.3, 0.4) is 0 Å². The largest absolute Gasteiger partial charge is 0.465 e. The summed E-state index contributed by atoms with van der Waals surface area (Å²) in [5, 5.41) is 5.14. The smallest absolute Gasteiger partial charge is 0.387 e. The third-order valence-electron chi connectivity index (χ3n) is 5.10. The van der Waals surface area contributed by atoms with Gasteiger partial charge in [0.2, 0.25) is 5.91 Å². The first-order valence-electron chi connectivity index (χ1n) is 9.77. The molecule has 9 nitrogen and oxygen atoms in total. The predicted octanol–water partition coefficient (Wildman–Crippen LogP) is 2.16. The number of urea groups is 1. The van der Waals surface area contributed by atoms with E-state index < -0.39 is 42.5 Å². The van der Waals surface area contributed by atoms with Gasteiger partial charge in [-0.2, -0.15) is 8.78 Å². The lowest BCUT2D eigenvalue weighted by atomic mass is 9.92. The van der Waals surface area contributed by atoms with Crippen molar-refractivity contribution in [2.24, 2.45) is 0 Å². The van der Waals surface area contributed by atoms with Crippen LogP contribution in [0.2, 0.25) is 0 Å². The van der Waals surface area contributed by atoms with Gasteiger partial charge < -0.3 is 20.1 Å². The van der Waals surface area contributed by atoms with E-state index in [2.05, 4.69) is 20.1 Å². The summed E-state index contributed by atoms with van der Waals surface area (Å²) in [6.07, 6.45) is 0. The van der Waals surface area contributed by atoms with Gasteiger partial charge in [0.25, 0.3) is 5.91 Å². The van der Waals surface area contributed by atoms with Crippen molar-refractivity contribution < 1.29 is 37.4 Å². The lowest BCUT2D eigenvalue weighted by molar-refractivity contribution is -0.134. The van der Waals surface area contributed by atoms with E-state index in [0.29, 0.717) is 16.7 Å². The van der Waals surface area contributed by atoms with Crippen molar-refractivity contribution in [2.45, 2.75) is 25.6 Å². The Bertz CT molecular complexity index is 1060. The van der Waals surface area contributed by atoms with E-state index in [1.54, 1.807) is 24.3 Å². The number of benzene rings is 2. The minimum absolute atomic E-state index is 0.0926. The number of ether oxygens (including phenoxy) is 2. The lowest BCUT2D eigenvalue weighted by Gasteiger charge is -2.22. The Morgan fingerprint density at radius 1 is 1.09 bits per heavy atom. The molecule has 11 heteroatoms. The van der Waals surface area contributed by atoms with Crippen LogP contribution in [0.25, 0.3) is 0 Å². The third-order valence-corrected chi connectivity index (χ3v) is 5.10. The van der Waals surface area contributed by atoms with E-state index >= 15 is 0 Å². The molecule has 2 aromatic rings. The van der Waals surface area contributed by atoms with Gasteiger partial charge in [0, 0.05) is 6.54 Å². The van der Waals surface area contributed by atoms with Crippen molar-refractivity contribution in [3.05, 3.63) is 65.2 Å². The molecule has 1 fully saturated rings. The quantitative estimate of drug-likeness (QED) is 0.460. The molecule has 1 heterocycles. The number of hydrogen-bond acceptors (Lipinski definition) is 6. The number of alkyl halides is 2. The number of rotatable bonds is 8. The monoisotopic (exact) mass is 461 g/mol. The van der Waals surface area contributed by atoms with Gasteiger partial charge in [0.15, 0.2) is 0 Å². The average molecular weight is 461 g/mol. The van der Waals surface area contributed by atoms with Crippen LogP contribution in [-0.2, 0) is 26.4 Å². The first-order chi connectivity index (χ1) is 15.6. The van der Waals surface area contributed by atoms with E-state index in [0.717, 1.165) is 4.90 Å². The minimum atomic E-state index is -2.99. The van der Waals surface area contributed by atoms with Crippen LogP contribution in [0.1, 0.15) is 28.4 Å². The number of nitrogens with zero attached hydrogens (tertiary/aromatic N) is 1. The molecule has 2 aromatic carbocycles. The minimum Gasteiger partial charge on any atom is -0.465 e. The summed E-state index contributed by atoms with van der Waals surface area (Å²) in [5.41, 5.74) is -0.0648. The number of carbonyl (C=O) groups excluding carboxylic acids is 4. The van der Waals surface area contributed by atoms with E-state index in [1.165, 1.54) is 38.3 Å². The maximum absolute atomic E-state index is 12.9. The number of halogens is 2. The lowest BCUT2D eigenvalue weighted by Crippen LogP contribution is -2.43. The molecule has 1 aliphatic rings. The second kappa shape index (κ2) is 9.63. The molecular formula is C22H21F2N3O6.